The minimum Gasteiger partial charge on any atom is -0.330 e. The lowest BCUT2D eigenvalue weighted by Gasteiger charge is -1.94. The fourth-order valence-electron chi connectivity index (χ4n) is 0.920. The molecule has 1 rings (SSSR count). The van der Waals surface area contributed by atoms with Gasteiger partial charge in [0, 0.05) is 0 Å². The molecule has 5 heteroatoms. The van der Waals surface area contributed by atoms with Crippen LogP contribution in [0.1, 0.15) is 18.4 Å². The van der Waals surface area contributed by atoms with Crippen molar-refractivity contribution in [1.29, 1.82) is 0 Å². The van der Waals surface area contributed by atoms with Crippen LogP contribution in [0.4, 0.5) is 0 Å². The van der Waals surface area contributed by atoms with Gasteiger partial charge < -0.3 is 10.6 Å². The zero-order valence-corrected chi connectivity index (χ0v) is 9.46. The summed E-state index contributed by atoms with van der Waals surface area (Å²) in [6.45, 7) is 2.80. The van der Waals surface area contributed by atoms with Crippen molar-refractivity contribution in [2.24, 2.45) is 5.73 Å². The number of rotatable bonds is 5. The molecule has 0 heterocycles. The van der Waals surface area contributed by atoms with Gasteiger partial charge in [0.05, 0.1) is 6.61 Å². The zero-order valence-electron chi connectivity index (χ0n) is 9.46. The molecule has 0 bridgehead atoms. The van der Waals surface area contributed by atoms with Crippen LogP contribution in [0.5, 0.6) is 0 Å². The van der Waals surface area contributed by atoms with Crippen molar-refractivity contribution < 1.29 is 9.92 Å². The SMILES string of the molecule is Cc1ccccc1.NCCCCO[N+](=O)[O-]. The Kier molecular flexibility index (Phi) is 8.91. The third kappa shape index (κ3) is 10.5. The van der Waals surface area contributed by atoms with E-state index in [0.717, 1.165) is 6.42 Å². The lowest BCUT2D eigenvalue weighted by Crippen LogP contribution is -2.05. The molecular weight excluding hydrogens is 208 g/mol. The van der Waals surface area contributed by atoms with Crippen molar-refractivity contribution in [2.45, 2.75) is 19.8 Å². The second-order valence-corrected chi connectivity index (χ2v) is 3.21. The number of hydrogen-bond acceptors (Lipinski definition) is 4. The summed E-state index contributed by atoms with van der Waals surface area (Å²) < 4.78 is 0. The molecular formula is C11H18N2O3. The maximum absolute atomic E-state index is 9.51. The van der Waals surface area contributed by atoms with Gasteiger partial charge in [-0.2, -0.15) is 0 Å². The van der Waals surface area contributed by atoms with Crippen molar-refractivity contribution in [3.8, 4) is 0 Å². The molecule has 0 fully saturated rings. The van der Waals surface area contributed by atoms with Gasteiger partial charge in [-0.25, -0.2) is 0 Å². The Hall–Kier alpha value is -1.62. The van der Waals surface area contributed by atoms with E-state index in [2.05, 4.69) is 23.9 Å². The van der Waals surface area contributed by atoms with Crippen LogP contribution in [-0.2, 0) is 4.84 Å². The number of hydrogen-bond donors (Lipinski definition) is 1. The van der Waals surface area contributed by atoms with Crippen LogP contribution in [0.25, 0.3) is 0 Å². The first-order chi connectivity index (χ1) is 7.66. The van der Waals surface area contributed by atoms with E-state index in [-0.39, 0.29) is 6.61 Å². The molecule has 0 amide bonds. The van der Waals surface area contributed by atoms with E-state index < -0.39 is 5.09 Å². The first kappa shape index (κ1) is 14.4. The van der Waals surface area contributed by atoms with Gasteiger partial charge in [-0.1, -0.05) is 35.9 Å². The van der Waals surface area contributed by atoms with Crippen LogP contribution >= 0.6 is 0 Å². The molecule has 0 saturated carbocycles. The lowest BCUT2D eigenvalue weighted by atomic mass is 10.2. The number of nitrogens with zero attached hydrogens (tertiary/aromatic N) is 1. The Bertz CT molecular complexity index is 278. The third-order valence-corrected chi connectivity index (χ3v) is 1.74. The smallest absolute Gasteiger partial charge is 0.294 e. The molecule has 0 aliphatic heterocycles. The van der Waals surface area contributed by atoms with Crippen LogP contribution in [0.3, 0.4) is 0 Å². The van der Waals surface area contributed by atoms with E-state index in [0.29, 0.717) is 13.0 Å². The van der Waals surface area contributed by atoms with Gasteiger partial charge in [0.1, 0.15) is 0 Å². The first-order valence-corrected chi connectivity index (χ1v) is 5.16. The largest absolute Gasteiger partial charge is 0.330 e. The summed E-state index contributed by atoms with van der Waals surface area (Å²) >= 11 is 0. The highest BCUT2D eigenvalue weighted by Crippen LogP contribution is 1.92. The Morgan fingerprint density at radius 2 is 1.94 bits per heavy atom. The predicted octanol–water partition coefficient (Wildman–Crippen LogP) is 1.93. The quantitative estimate of drug-likeness (QED) is 0.472. The van der Waals surface area contributed by atoms with Crippen molar-refractivity contribution in [1.82, 2.24) is 0 Å². The Labute approximate surface area is 95.3 Å². The predicted molar refractivity (Wildman–Crippen MR) is 62.4 cm³/mol. The summed E-state index contributed by atoms with van der Waals surface area (Å²) in [6, 6.07) is 10.3. The topological polar surface area (TPSA) is 78.4 Å². The summed E-state index contributed by atoms with van der Waals surface area (Å²) in [5.74, 6) is 0. The zero-order chi connectivity index (χ0) is 12.2. The number of unbranched alkanes of at least 4 members (excludes halogenated alkanes) is 1. The van der Waals surface area contributed by atoms with E-state index in [1.165, 1.54) is 5.56 Å². The van der Waals surface area contributed by atoms with Crippen LogP contribution in [-0.4, -0.2) is 18.2 Å². The molecule has 0 atom stereocenters. The van der Waals surface area contributed by atoms with Crippen molar-refractivity contribution >= 4 is 0 Å². The molecule has 1 aromatic rings. The van der Waals surface area contributed by atoms with Crippen molar-refractivity contribution in [3.05, 3.63) is 46.0 Å². The third-order valence-electron chi connectivity index (χ3n) is 1.74. The molecule has 5 nitrogen and oxygen atoms in total. The molecule has 90 valence electrons. The molecule has 0 spiro atoms. The van der Waals surface area contributed by atoms with E-state index in [1.807, 2.05) is 18.2 Å². The van der Waals surface area contributed by atoms with Gasteiger partial charge in [0.2, 0.25) is 0 Å². The van der Waals surface area contributed by atoms with Gasteiger partial charge in [-0.3, -0.25) is 0 Å². The number of aryl methyl sites for hydroxylation is 1. The normalized spacial score (nSPS) is 8.88. The minimum atomic E-state index is -0.795. The standard InChI is InChI=1S/C7H8.C4H10N2O3/c1-7-5-3-2-4-6-7;5-3-1-2-4-9-6(7)8/h2-6H,1H3;1-5H2. The summed E-state index contributed by atoms with van der Waals surface area (Å²) in [6.07, 6.45) is 1.42. The highest BCUT2D eigenvalue weighted by molar-refractivity contribution is 5.11. The number of benzene rings is 1. The Morgan fingerprint density at radius 3 is 2.31 bits per heavy atom. The summed E-state index contributed by atoms with van der Waals surface area (Å²) in [5.41, 5.74) is 6.44. The maximum Gasteiger partial charge on any atom is 0.294 e. The molecule has 1 aromatic carbocycles. The van der Waals surface area contributed by atoms with Gasteiger partial charge in [-0.05, 0) is 26.3 Å². The molecule has 0 saturated heterocycles. The average molecular weight is 226 g/mol. The number of nitrogens with two attached hydrogens (primary N) is 1. The second-order valence-electron chi connectivity index (χ2n) is 3.21. The highest BCUT2D eigenvalue weighted by atomic mass is 16.9. The van der Waals surface area contributed by atoms with Gasteiger partial charge in [0.15, 0.2) is 0 Å². The van der Waals surface area contributed by atoms with Gasteiger partial charge in [-0.15, -0.1) is 10.1 Å². The average Bonchev–Trinajstić information content (AvgIpc) is 2.26. The van der Waals surface area contributed by atoms with Crippen molar-refractivity contribution in [2.75, 3.05) is 13.2 Å². The molecule has 0 aliphatic carbocycles. The van der Waals surface area contributed by atoms with E-state index in [1.54, 1.807) is 0 Å². The summed E-state index contributed by atoms with van der Waals surface area (Å²) in [4.78, 5) is 13.5. The summed E-state index contributed by atoms with van der Waals surface area (Å²) in [7, 11) is 0. The lowest BCUT2D eigenvalue weighted by molar-refractivity contribution is -0.757. The molecule has 0 unspecified atom stereocenters. The minimum absolute atomic E-state index is 0.157. The first-order valence-electron chi connectivity index (χ1n) is 5.16. The van der Waals surface area contributed by atoms with Crippen molar-refractivity contribution in [3.63, 3.8) is 0 Å². The monoisotopic (exact) mass is 226 g/mol. The van der Waals surface area contributed by atoms with Gasteiger partial charge in [0.25, 0.3) is 5.09 Å². The Balaban J connectivity index is 0.000000288. The van der Waals surface area contributed by atoms with E-state index in [9.17, 15) is 10.1 Å². The maximum atomic E-state index is 9.51. The molecule has 0 radical (unpaired) electrons. The van der Waals surface area contributed by atoms with Gasteiger partial charge >= 0.3 is 0 Å². The van der Waals surface area contributed by atoms with E-state index >= 15 is 0 Å². The molecule has 16 heavy (non-hydrogen) atoms. The van der Waals surface area contributed by atoms with Crippen LogP contribution in [0.2, 0.25) is 0 Å². The fourth-order valence-corrected chi connectivity index (χ4v) is 0.920. The van der Waals surface area contributed by atoms with Crippen LogP contribution in [0.15, 0.2) is 30.3 Å². The van der Waals surface area contributed by atoms with E-state index in [4.69, 9.17) is 5.73 Å². The fraction of sp³-hybridized carbons (Fsp3) is 0.455. The molecule has 0 aliphatic rings. The second kappa shape index (κ2) is 9.92. The molecule has 2 N–H and O–H groups in total. The van der Waals surface area contributed by atoms with Crippen LogP contribution in [0, 0.1) is 17.0 Å². The summed E-state index contributed by atoms with van der Waals surface area (Å²) in [5, 5.41) is 8.72. The highest BCUT2D eigenvalue weighted by Gasteiger charge is 1.91. The molecule has 0 aromatic heterocycles. The Morgan fingerprint density at radius 1 is 1.31 bits per heavy atom. The van der Waals surface area contributed by atoms with Crippen LogP contribution < -0.4 is 5.73 Å².